The third-order valence-electron chi connectivity index (χ3n) is 3.62. The van der Waals surface area contributed by atoms with Crippen molar-refractivity contribution in [1.82, 2.24) is 15.3 Å². The van der Waals surface area contributed by atoms with Gasteiger partial charge in [-0.3, -0.25) is 9.78 Å². The Morgan fingerprint density at radius 2 is 2.24 bits per heavy atom. The maximum atomic E-state index is 12.4. The van der Waals surface area contributed by atoms with Gasteiger partial charge in [-0.05, 0) is 41.6 Å². The Kier molecular flexibility index (Phi) is 3.69. The van der Waals surface area contributed by atoms with Gasteiger partial charge in [0, 0.05) is 29.7 Å². The normalized spacial score (nSPS) is 12.2. The Morgan fingerprint density at radius 3 is 3.00 bits per heavy atom. The predicted octanol–water partition coefficient (Wildman–Crippen LogP) is 3.44. The molecule has 1 atom stereocenters. The lowest BCUT2D eigenvalue weighted by molar-refractivity contribution is 0.0935. The number of aromatic amines is 1. The summed E-state index contributed by atoms with van der Waals surface area (Å²) < 4.78 is 0. The lowest BCUT2D eigenvalue weighted by Gasteiger charge is -2.17. The second-order valence-electron chi connectivity index (χ2n) is 5.00. The van der Waals surface area contributed by atoms with Gasteiger partial charge in [0.15, 0.2) is 0 Å². The van der Waals surface area contributed by atoms with E-state index >= 15 is 0 Å². The van der Waals surface area contributed by atoms with Crippen molar-refractivity contribution in [3.8, 4) is 0 Å². The molecule has 2 N–H and O–H groups in total. The molecular formula is C17H17N3O. The van der Waals surface area contributed by atoms with Crippen LogP contribution in [0.15, 0.2) is 55.0 Å². The van der Waals surface area contributed by atoms with Gasteiger partial charge in [0.25, 0.3) is 5.91 Å². The van der Waals surface area contributed by atoms with Crippen LogP contribution in [0, 0.1) is 0 Å². The summed E-state index contributed by atoms with van der Waals surface area (Å²) in [6, 6.07) is 11.5. The van der Waals surface area contributed by atoms with E-state index in [1.165, 1.54) is 0 Å². The molecule has 0 bridgehead atoms. The molecule has 0 saturated carbocycles. The SMILES string of the molecule is CC[C@H](NC(=O)c1ccc2cc[nH]c2c1)c1cccnc1. The van der Waals surface area contributed by atoms with Crippen LogP contribution in [0.3, 0.4) is 0 Å². The van der Waals surface area contributed by atoms with Gasteiger partial charge in [0.2, 0.25) is 0 Å². The standard InChI is InChI=1S/C17H17N3O/c1-2-15(14-4-3-8-18-11-14)20-17(21)13-6-5-12-7-9-19-16(12)10-13/h3-11,15,19H,2H2,1H3,(H,20,21)/t15-/m0/s1. The van der Waals surface area contributed by atoms with Gasteiger partial charge in [-0.25, -0.2) is 0 Å². The average molecular weight is 279 g/mol. The van der Waals surface area contributed by atoms with Crippen molar-refractivity contribution in [2.45, 2.75) is 19.4 Å². The van der Waals surface area contributed by atoms with E-state index in [0.717, 1.165) is 22.9 Å². The Balaban J connectivity index is 1.81. The molecule has 4 heteroatoms. The summed E-state index contributed by atoms with van der Waals surface area (Å²) in [6.45, 7) is 2.05. The van der Waals surface area contributed by atoms with Gasteiger partial charge in [-0.15, -0.1) is 0 Å². The number of hydrogen-bond donors (Lipinski definition) is 2. The van der Waals surface area contributed by atoms with Crippen LogP contribution in [0.2, 0.25) is 0 Å². The summed E-state index contributed by atoms with van der Waals surface area (Å²) in [6.07, 6.45) is 6.22. The van der Waals surface area contributed by atoms with Gasteiger partial charge in [0.05, 0.1) is 6.04 Å². The van der Waals surface area contributed by atoms with E-state index in [9.17, 15) is 4.79 Å². The molecule has 0 unspecified atom stereocenters. The van der Waals surface area contributed by atoms with Crippen LogP contribution >= 0.6 is 0 Å². The fourth-order valence-corrected chi connectivity index (χ4v) is 2.43. The molecule has 2 aromatic heterocycles. The maximum Gasteiger partial charge on any atom is 0.251 e. The minimum absolute atomic E-state index is 0.0226. The molecule has 0 radical (unpaired) electrons. The molecule has 1 amide bonds. The lowest BCUT2D eigenvalue weighted by Crippen LogP contribution is -2.28. The van der Waals surface area contributed by atoms with Gasteiger partial charge in [0.1, 0.15) is 0 Å². The first-order valence-electron chi connectivity index (χ1n) is 7.06. The summed E-state index contributed by atoms with van der Waals surface area (Å²) in [4.78, 5) is 19.6. The molecule has 3 aromatic rings. The number of rotatable bonds is 4. The van der Waals surface area contributed by atoms with Gasteiger partial charge in [-0.2, -0.15) is 0 Å². The number of pyridine rings is 1. The Morgan fingerprint density at radius 1 is 1.33 bits per heavy atom. The maximum absolute atomic E-state index is 12.4. The van der Waals surface area contributed by atoms with Crippen LogP contribution < -0.4 is 5.32 Å². The third-order valence-corrected chi connectivity index (χ3v) is 3.62. The molecule has 2 heterocycles. The number of hydrogen-bond acceptors (Lipinski definition) is 2. The van der Waals surface area contributed by atoms with Crippen LogP contribution in [0.4, 0.5) is 0 Å². The van der Waals surface area contributed by atoms with E-state index in [1.54, 1.807) is 12.4 Å². The molecule has 0 aliphatic rings. The van der Waals surface area contributed by atoms with Crippen molar-refractivity contribution in [3.05, 3.63) is 66.1 Å². The second kappa shape index (κ2) is 5.79. The van der Waals surface area contributed by atoms with Crippen molar-refractivity contribution >= 4 is 16.8 Å². The molecule has 0 aliphatic heterocycles. The monoisotopic (exact) mass is 279 g/mol. The summed E-state index contributed by atoms with van der Waals surface area (Å²) >= 11 is 0. The van der Waals surface area contributed by atoms with Crippen molar-refractivity contribution in [3.63, 3.8) is 0 Å². The minimum atomic E-state index is -0.0674. The highest BCUT2D eigenvalue weighted by Gasteiger charge is 2.14. The summed E-state index contributed by atoms with van der Waals surface area (Å²) in [7, 11) is 0. The largest absolute Gasteiger partial charge is 0.361 e. The highest BCUT2D eigenvalue weighted by Crippen LogP contribution is 2.18. The number of H-pyrrole nitrogens is 1. The number of benzene rings is 1. The highest BCUT2D eigenvalue weighted by molar-refractivity contribution is 5.98. The van der Waals surface area contributed by atoms with E-state index in [1.807, 2.05) is 49.5 Å². The second-order valence-corrected chi connectivity index (χ2v) is 5.00. The number of carbonyl (C=O) groups excluding carboxylic acids is 1. The molecule has 21 heavy (non-hydrogen) atoms. The summed E-state index contributed by atoms with van der Waals surface area (Å²) in [5, 5.41) is 4.17. The van der Waals surface area contributed by atoms with E-state index in [0.29, 0.717) is 5.56 Å². The molecule has 0 saturated heterocycles. The zero-order chi connectivity index (χ0) is 14.7. The van der Waals surface area contributed by atoms with Crippen molar-refractivity contribution in [2.75, 3.05) is 0 Å². The molecule has 1 aromatic carbocycles. The van der Waals surface area contributed by atoms with Gasteiger partial charge < -0.3 is 10.3 Å². The van der Waals surface area contributed by atoms with Gasteiger partial charge >= 0.3 is 0 Å². The Bertz CT molecular complexity index is 749. The molecule has 4 nitrogen and oxygen atoms in total. The fraction of sp³-hybridized carbons (Fsp3) is 0.176. The molecule has 106 valence electrons. The lowest BCUT2D eigenvalue weighted by atomic mass is 10.1. The van der Waals surface area contributed by atoms with Crippen LogP contribution in [-0.4, -0.2) is 15.9 Å². The fourth-order valence-electron chi connectivity index (χ4n) is 2.43. The number of nitrogens with zero attached hydrogens (tertiary/aromatic N) is 1. The van der Waals surface area contributed by atoms with E-state index in [-0.39, 0.29) is 11.9 Å². The predicted molar refractivity (Wildman–Crippen MR) is 83.0 cm³/mol. The van der Waals surface area contributed by atoms with Crippen LogP contribution in [0.5, 0.6) is 0 Å². The topological polar surface area (TPSA) is 57.8 Å². The van der Waals surface area contributed by atoms with E-state index < -0.39 is 0 Å². The summed E-state index contributed by atoms with van der Waals surface area (Å²) in [5.74, 6) is -0.0674. The van der Waals surface area contributed by atoms with Crippen molar-refractivity contribution in [1.29, 1.82) is 0 Å². The van der Waals surface area contributed by atoms with E-state index in [4.69, 9.17) is 0 Å². The van der Waals surface area contributed by atoms with E-state index in [2.05, 4.69) is 15.3 Å². The first-order chi connectivity index (χ1) is 10.3. The molecule has 3 rings (SSSR count). The number of fused-ring (bicyclic) bond motifs is 1. The number of carbonyl (C=O) groups is 1. The quantitative estimate of drug-likeness (QED) is 0.768. The van der Waals surface area contributed by atoms with Crippen LogP contribution in [0.25, 0.3) is 10.9 Å². The summed E-state index contributed by atoms with van der Waals surface area (Å²) in [5.41, 5.74) is 2.65. The van der Waals surface area contributed by atoms with Crippen LogP contribution in [0.1, 0.15) is 35.3 Å². The molecule has 0 fully saturated rings. The average Bonchev–Trinajstić information content (AvgIpc) is 3.00. The molecular weight excluding hydrogens is 262 g/mol. The number of nitrogens with one attached hydrogen (secondary N) is 2. The first kappa shape index (κ1) is 13.4. The molecule has 0 aliphatic carbocycles. The number of aromatic nitrogens is 2. The van der Waals surface area contributed by atoms with Crippen molar-refractivity contribution < 1.29 is 4.79 Å². The first-order valence-corrected chi connectivity index (χ1v) is 7.06. The van der Waals surface area contributed by atoms with Crippen molar-refractivity contribution in [2.24, 2.45) is 0 Å². The Hall–Kier alpha value is -2.62. The third kappa shape index (κ3) is 2.79. The molecule has 0 spiro atoms. The van der Waals surface area contributed by atoms with Gasteiger partial charge in [-0.1, -0.05) is 19.1 Å². The zero-order valence-electron chi connectivity index (χ0n) is 11.8. The number of amides is 1. The van der Waals surface area contributed by atoms with Crippen LogP contribution in [-0.2, 0) is 0 Å². The Labute approximate surface area is 123 Å². The minimum Gasteiger partial charge on any atom is -0.361 e. The smallest absolute Gasteiger partial charge is 0.251 e. The zero-order valence-corrected chi connectivity index (χ0v) is 11.8. The highest BCUT2D eigenvalue weighted by atomic mass is 16.1.